The van der Waals surface area contributed by atoms with Gasteiger partial charge in [0.2, 0.25) is 0 Å². The van der Waals surface area contributed by atoms with Crippen LogP contribution in [0.3, 0.4) is 0 Å². The van der Waals surface area contributed by atoms with Crippen molar-refractivity contribution in [2.24, 2.45) is 0 Å². The first-order valence-electron chi connectivity index (χ1n) is 7.43. The molecule has 0 aromatic heterocycles. The Kier molecular flexibility index (Phi) is 5.43. The molecule has 0 spiro atoms. The second-order valence-electron chi connectivity index (χ2n) is 5.44. The normalized spacial score (nSPS) is 13.1. The summed E-state index contributed by atoms with van der Waals surface area (Å²) in [6.45, 7) is 3.80. The van der Waals surface area contributed by atoms with Crippen LogP contribution in [0.15, 0.2) is 54.6 Å². The molecule has 6 heteroatoms. The van der Waals surface area contributed by atoms with E-state index in [1.807, 2.05) is 42.6 Å². The quantitative estimate of drug-likeness (QED) is 0.633. The average molecular weight is 314 g/mol. The number of amides is 1. The van der Waals surface area contributed by atoms with E-state index in [0.29, 0.717) is 0 Å². The predicted octanol–water partition coefficient (Wildman–Crippen LogP) is 2.25. The van der Waals surface area contributed by atoms with E-state index in [1.54, 1.807) is 19.1 Å². The minimum absolute atomic E-state index is 0.107. The number of hydrogen-bond acceptors (Lipinski definition) is 3. The minimum atomic E-state index is -0.503. The lowest BCUT2D eigenvalue weighted by atomic mass is 10.1. The van der Waals surface area contributed by atoms with Gasteiger partial charge in [0, 0.05) is 11.6 Å². The maximum atomic E-state index is 12.3. The predicted molar refractivity (Wildman–Crippen MR) is 88.0 cm³/mol. The van der Waals surface area contributed by atoms with E-state index in [4.69, 9.17) is 0 Å². The first kappa shape index (κ1) is 16.6. The lowest BCUT2D eigenvalue weighted by molar-refractivity contribution is -0.709. The van der Waals surface area contributed by atoms with Crippen LogP contribution in [0.25, 0.3) is 0 Å². The number of benzene rings is 2. The van der Waals surface area contributed by atoms with Crippen LogP contribution in [0.4, 0.5) is 11.4 Å². The van der Waals surface area contributed by atoms with Gasteiger partial charge in [0.15, 0.2) is 6.04 Å². The number of nitro benzene ring substituents is 1. The standard InChI is InChI=1S/C17H19N3O3/c1-12(14-8-4-3-5-9-14)18-13(2)17(21)19-15-10-6-7-11-16(15)20(22)23/h3-13,18H,1-2H3,(H,19,21)/p+1/t12-,13-/m0/s1. The molecule has 0 fully saturated rings. The lowest BCUT2D eigenvalue weighted by Crippen LogP contribution is -2.91. The molecule has 6 nitrogen and oxygen atoms in total. The number of carbonyl (C=O) groups excluding carboxylic acids is 1. The Bertz CT molecular complexity index is 688. The zero-order valence-corrected chi connectivity index (χ0v) is 13.1. The van der Waals surface area contributed by atoms with Crippen molar-refractivity contribution in [3.8, 4) is 0 Å². The molecule has 2 aromatic rings. The number of para-hydroxylation sites is 2. The van der Waals surface area contributed by atoms with E-state index in [9.17, 15) is 14.9 Å². The largest absolute Gasteiger partial charge is 0.330 e. The zero-order chi connectivity index (χ0) is 16.8. The second kappa shape index (κ2) is 7.51. The molecule has 0 aliphatic heterocycles. The van der Waals surface area contributed by atoms with Crippen molar-refractivity contribution in [2.45, 2.75) is 25.9 Å². The van der Waals surface area contributed by atoms with E-state index in [1.165, 1.54) is 12.1 Å². The number of nitrogens with zero attached hydrogens (tertiary/aromatic N) is 1. The summed E-state index contributed by atoms with van der Waals surface area (Å²) in [5.74, 6) is -0.262. The Morgan fingerprint density at radius 1 is 1.09 bits per heavy atom. The molecule has 2 rings (SSSR count). The number of quaternary nitrogens is 1. The molecule has 2 atom stereocenters. The topological polar surface area (TPSA) is 88.8 Å². The maximum Gasteiger partial charge on any atom is 0.292 e. The van der Waals surface area contributed by atoms with Gasteiger partial charge in [-0.25, -0.2) is 0 Å². The molecule has 0 radical (unpaired) electrons. The molecule has 2 aromatic carbocycles. The van der Waals surface area contributed by atoms with Crippen LogP contribution in [0.1, 0.15) is 25.5 Å². The van der Waals surface area contributed by atoms with Crippen LogP contribution in [-0.2, 0) is 4.79 Å². The number of nitrogens with one attached hydrogen (secondary N) is 1. The number of nitrogens with two attached hydrogens (primary N) is 1. The van der Waals surface area contributed by atoms with Crippen molar-refractivity contribution in [1.29, 1.82) is 0 Å². The summed E-state index contributed by atoms with van der Waals surface area (Å²) < 4.78 is 0. The lowest BCUT2D eigenvalue weighted by Gasteiger charge is -2.16. The highest BCUT2D eigenvalue weighted by Crippen LogP contribution is 2.23. The van der Waals surface area contributed by atoms with Gasteiger partial charge in [0.25, 0.3) is 11.6 Å². The highest BCUT2D eigenvalue weighted by molar-refractivity contribution is 5.95. The van der Waals surface area contributed by atoms with Crippen molar-refractivity contribution in [3.63, 3.8) is 0 Å². The van der Waals surface area contributed by atoms with Crippen molar-refractivity contribution < 1.29 is 15.0 Å². The fraction of sp³-hybridized carbons (Fsp3) is 0.235. The Balaban J connectivity index is 2.02. The van der Waals surface area contributed by atoms with Crippen LogP contribution < -0.4 is 10.6 Å². The number of rotatable bonds is 6. The van der Waals surface area contributed by atoms with Crippen LogP contribution in [0, 0.1) is 10.1 Å². The molecule has 0 heterocycles. The maximum absolute atomic E-state index is 12.3. The van der Waals surface area contributed by atoms with Crippen molar-refractivity contribution in [2.75, 3.05) is 5.32 Å². The molecule has 120 valence electrons. The Morgan fingerprint density at radius 2 is 1.70 bits per heavy atom. The third-order valence-electron chi connectivity index (χ3n) is 3.67. The van der Waals surface area contributed by atoms with E-state index >= 15 is 0 Å². The fourth-order valence-electron chi connectivity index (χ4n) is 2.37. The molecule has 0 bridgehead atoms. The molecule has 1 amide bonds. The first-order valence-corrected chi connectivity index (χ1v) is 7.43. The number of hydrogen-bond donors (Lipinski definition) is 2. The first-order chi connectivity index (χ1) is 11.0. The SMILES string of the molecule is C[C@H]([NH2+][C@@H](C)c1ccccc1)C(=O)Nc1ccccc1[N+](=O)[O-]. The van der Waals surface area contributed by atoms with Crippen molar-refractivity contribution in [1.82, 2.24) is 0 Å². The summed E-state index contributed by atoms with van der Waals surface area (Å²) in [6.07, 6.45) is 0. The summed E-state index contributed by atoms with van der Waals surface area (Å²) in [6, 6.07) is 15.7. The van der Waals surface area contributed by atoms with Gasteiger partial charge >= 0.3 is 0 Å². The molecule has 0 aliphatic rings. The Labute approximate surface area is 134 Å². The molecule has 0 saturated heterocycles. The third-order valence-corrected chi connectivity index (χ3v) is 3.67. The number of anilines is 1. The monoisotopic (exact) mass is 314 g/mol. The van der Waals surface area contributed by atoms with Crippen LogP contribution >= 0.6 is 0 Å². The van der Waals surface area contributed by atoms with Crippen LogP contribution in [0.2, 0.25) is 0 Å². The summed E-state index contributed by atoms with van der Waals surface area (Å²) in [5, 5.41) is 15.5. The van der Waals surface area contributed by atoms with Gasteiger partial charge in [0.05, 0.1) is 4.92 Å². The summed E-state index contributed by atoms with van der Waals surface area (Å²) in [4.78, 5) is 22.8. The molecule has 0 aliphatic carbocycles. The minimum Gasteiger partial charge on any atom is -0.330 e. The van der Waals surface area contributed by atoms with Gasteiger partial charge in [0.1, 0.15) is 11.7 Å². The van der Waals surface area contributed by atoms with E-state index < -0.39 is 4.92 Å². The van der Waals surface area contributed by atoms with E-state index in [0.717, 1.165) is 5.56 Å². The second-order valence-corrected chi connectivity index (χ2v) is 5.44. The Hall–Kier alpha value is -2.73. The summed E-state index contributed by atoms with van der Waals surface area (Å²) in [5.41, 5.74) is 1.23. The zero-order valence-electron chi connectivity index (χ0n) is 13.1. The third kappa shape index (κ3) is 4.37. The smallest absolute Gasteiger partial charge is 0.292 e. The van der Waals surface area contributed by atoms with E-state index in [-0.39, 0.29) is 29.4 Å². The highest BCUT2D eigenvalue weighted by atomic mass is 16.6. The van der Waals surface area contributed by atoms with Crippen molar-refractivity contribution >= 4 is 17.3 Å². The molecule has 0 unspecified atom stereocenters. The van der Waals surface area contributed by atoms with Gasteiger partial charge in [-0.05, 0) is 19.9 Å². The summed E-state index contributed by atoms with van der Waals surface area (Å²) in [7, 11) is 0. The van der Waals surface area contributed by atoms with E-state index in [2.05, 4.69) is 5.32 Å². The number of nitro groups is 1. The van der Waals surface area contributed by atoms with Gasteiger partial charge in [-0.15, -0.1) is 0 Å². The molecule has 3 N–H and O–H groups in total. The molecular formula is C17H20N3O3+. The van der Waals surface area contributed by atoms with Gasteiger partial charge in [-0.3, -0.25) is 14.9 Å². The number of carbonyl (C=O) groups is 1. The molecule has 0 saturated carbocycles. The molecule has 23 heavy (non-hydrogen) atoms. The molecular weight excluding hydrogens is 294 g/mol. The van der Waals surface area contributed by atoms with Crippen LogP contribution in [0.5, 0.6) is 0 Å². The average Bonchev–Trinajstić information content (AvgIpc) is 2.55. The summed E-state index contributed by atoms with van der Waals surface area (Å²) >= 11 is 0. The van der Waals surface area contributed by atoms with Gasteiger partial charge < -0.3 is 10.6 Å². The van der Waals surface area contributed by atoms with Gasteiger partial charge in [-0.1, -0.05) is 42.5 Å². The fourth-order valence-corrected chi connectivity index (χ4v) is 2.37. The van der Waals surface area contributed by atoms with Crippen molar-refractivity contribution in [3.05, 3.63) is 70.3 Å². The highest BCUT2D eigenvalue weighted by Gasteiger charge is 2.23. The van der Waals surface area contributed by atoms with Gasteiger partial charge in [-0.2, -0.15) is 0 Å². The Morgan fingerprint density at radius 3 is 2.35 bits per heavy atom. The van der Waals surface area contributed by atoms with Crippen LogP contribution in [-0.4, -0.2) is 16.9 Å².